The Morgan fingerprint density at radius 2 is 2.37 bits per heavy atom. The van der Waals surface area contributed by atoms with Crippen LogP contribution in [0.15, 0.2) is 18.3 Å². The molecule has 0 radical (unpaired) electrons. The lowest BCUT2D eigenvalue weighted by molar-refractivity contribution is -0.0447. The summed E-state index contributed by atoms with van der Waals surface area (Å²) in [6.07, 6.45) is 4.99. The summed E-state index contributed by atoms with van der Waals surface area (Å²) in [7, 11) is 0. The average Bonchev–Trinajstić information content (AvgIpc) is 2.95. The van der Waals surface area contributed by atoms with Gasteiger partial charge in [-0.05, 0) is 31.4 Å². The number of carbonyl (C=O) groups excluding carboxylic acids is 1. The van der Waals surface area contributed by atoms with E-state index in [9.17, 15) is 4.79 Å². The monoisotopic (exact) mass is 262 g/mol. The topological polar surface area (TPSA) is 80.5 Å². The fourth-order valence-electron chi connectivity index (χ4n) is 2.93. The van der Waals surface area contributed by atoms with Gasteiger partial charge in [-0.1, -0.05) is 0 Å². The molecule has 1 aliphatic carbocycles. The number of ether oxygens (including phenoxy) is 1. The van der Waals surface area contributed by atoms with Crippen LogP contribution in [0.1, 0.15) is 29.8 Å². The number of nitrogens with two attached hydrogens (primary N) is 1. The second-order valence-electron chi connectivity index (χ2n) is 4.98. The number of carbonyl (C=O) groups is 1. The van der Waals surface area contributed by atoms with Crippen molar-refractivity contribution in [3.63, 3.8) is 0 Å². The number of nitrogens with zero attached hydrogens (tertiary/aromatic N) is 2. The van der Waals surface area contributed by atoms with Crippen LogP contribution in [0.2, 0.25) is 0 Å². The Hall–Kier alpha value is -1.66. The molecular weight excluding hydrogens is 244 g/mol. The van der Waals surface area contributed by atoms with Gasteiger partial charge >= 0.3 is 0 Å². The number of rotatable bonds is 2. The van der Waals surface area contributed by atoms with E-state index in [0.29, 0.717) is 24.5 Å². The van der Waals surface area contributed by atoms with E-state index in [1.165, 1.54) is 0 Å². The van der Waals surface area contributed by atoms with Gasteiger partial charge in [0, 0.05) is 6.54 Å². The molecule has 1 aromatic heterocycles. The third-order valence-corrected chi connectivity index (χ3v) is 3.89. The van der Waals surface area contributed by atoms with Gasteiger partial charge in [-0.15, -0.1) is 0 Å². The third kappa shape index (κ3) is 2.29. The minimum Gasteiger partial charge on any atom is -0.374 e. The molecule has 2 aliphatic rings. The summed E-state index contributed by atoms with van der Waals surface area (Å²) in [4.78, 5) is 18.6. The van der Waals surface area contributed by atoms with Crippen LogP contribution in [-0.4, -0.2) is 41.1 Å². The fourth-order valence-corrected chi connectivity index (χ4v) is 2.93. The zero-order chi connectivity index (χ0) is 13.2. The van der Waals surface area contributed by atoms with Crippen LogP contribution in [0, 0.1) is 0 Å². The number of hydrazine groups is 1. The van der Waals surface area contributed by atoms with Crippen LogP contribution in [0.4, 0.5) is 5.69 Å². The zero-order valence-electron chi connectivity index (χ0n) is 10.7. The molecule has 2 unspecified atom stereocenters. The van der Waals surface area contributed by atoms with Gasteiger partial charge in [-0.3, -0.25) is 10.6 Å². The van der Waals surface area contributed by atoms with E-state index in [1.54, 1.807) is 18.3 Å². The van der Waals surface area contributed by atoms with Gasteiger partial charge in [0.2, 0.25) is 0 Å². The highest BCUT2D eigenvalue weighted by Gasteiger charge is 2.38. The van der Waals surface area contributed by atoms with Crippen LogP contribution < -0.4 is 11.3 Å². The maximum Gasteiger partial charge on any atom is 0.272 e. The van der Waals surface area contributed by atoms with Gasteiger partial charge in [0.25, 0.3) is 5.91 Å². The van der Waals surface area contributed by atoms with Gasteiger partial charge in [-0.2, -0.15) is 0 Å². The molecule has 1 amide bonds. The molecule has 1 aliphatic heterocycles. The van der Waals surface area contributed by atoms with E-state index in [4.69, 9.17) is 10.6 Å². The van der Waals surface area contributed by atoms with Crippen LogP contribution >= 0.6 is 0 Å². The molecule has 2 heterocycles. The van der Waals surface area contributed by atoms with Crippen molar-refractivity contribution in [2.75, 3.05) is 18.6 Å². The summed E-state index contributed by atoms with van der Waals surface area (Å²) >= 11 is 0. The summed E-state index contributed by atoms with van der Waals surface area (Å²) in [5, 5.41) is 0. The number of aromatic nitrogens is 1. The predicted molar refractivity (Wildman–Crippen MR) is 70.5 cm³/mol. The van der Waals surface area contributed by atoms with Gasteiger partial charge in [0.05, 0.1) is 30.6 Å². The first-order valence-electron chi connectivity index (χ1n) is 6.65. The fraction of sp³-hybridized carbons (Fsp3) is 0.538. The molecule has 0 spiro atoms. The second-order valence-corrected chi connectivity index (χ2v) is 4.98. The number of pyridine rings is 1. The molecular formula is C13H18N4O2. The summed E-state index contributed by atoms with van der Waals surface area (Å²) in [5.74, 6) is 5.28. The highest BCUT2D eigenvalue weighted by molar-refractivity contribution is 5.92. The third-order valence-electron chi connectivity index (χ3n) is 3.89. The number of anilines is 1. The molecule has 19 heavy (non-hydrogen) atoms. The number of fused-ring (bicyclic) bond motifs is 1. The van der Waals surface area contributed by atoms with Crippen molar-refractivity contribution in [3.05, 3.63) is 24.0 Å². The Morgan fingerprint density at radius 3 is 3.11 bits per heavy atom. The summed E-state index contributed by atoms with van der Waals surface area (Å²) in [6, 6.07) is 3.68. The molecule has 3 rings (SSSR count). The van der Waals surface area contributed by atoms with E-state index >= 15 is 0 Å². The van der Waals surface area contributed by atoms with Crippen molar-refractivity contribution in [2.45, 2.75) is 31.4 Å². The van der Waals surface area contributed by atoms with Gasteiger partial charge in [0.15, 0.2) is 0 Å². The molecule has 3 N–H and O–H groups in total. The lowest BCUT2D eigenvalue weighted by Crippen LogP contribution is -2.51. The molecule has 2 fully saturated rings. The van der Waals surface area contributed by atoms with Crippen molar-refractivity contribution >= 4 is 11.6 Å². The Bertz CT molecular complexity index is 462. The molecule has 1 aromatic rings. The largest absolute Gasteiger partial charge is 0.374 e. The van der Waals surface area contributed by atoms with Crippen molar-refractivity contribution < 1.29 is 9.53 Å². The van der Waals surface area contributed by atoms with Crippen LogP contribution in [0.3, 0.4) is 0 Å². The second kappa shape index (κ2) is 5.14. The van der Waals surface area contributed by atoms with Crippen molar-refractivity contribution in [1.82, 2.24) is 9.88 Å². The van der Waals surface area contributed by atoms with Gasteiger partial charge in [0.1, 0.15) is 5.69 Å². The molecule has 2 atom stereocenters. The maximum absolute atomic E-state index is 12.5. The first-order valence-corrected chi connectivity index (χ1v) is 6.65. The van der Waals surface area contributed by atoms with Crippen molar-refractivity contribution in [3.8, 4) is 0 Å². The highest BCUT2D eigenvalue weighted by atomic mass is 16.5. The predicted octanol–water partition coefficient (Wildman–Crippen LogP) is 0.761. The first-order chi connectivity index (χ1) is 9.29. The molecule has 0 aromatic carbocycles. The van der Waals surface area contributed by atoms with Crippen LogP contribution in [0.25, 0.3) is 0 Å². The smallest absolute Gasteiger partial charge is 0.272 e. The number of amides is 1. The lowest BCUT2D eigenvalue weighted by atomic mass is 10.1. The summed E-state index contributed by atoms with van der Waals surface area (Å²) in [5.41, 5.74) is 3.66. The molecule has 6 heteroatoms. The molecule has 1 saturated carbocycles. The Morgan fingerprint density at radius 1 is 1.47 bits per heavy atom. The standard InChI is InChI=1S/C13H18N4O2/c14-16-9-4-5-10(15-8-9)13(18)17-6-7-19-12-3-1-2-11(12)17/h4-5,8,11-12,16H,1-3,6-7,14H2. The van der Waals surface area contributed by atoms with E-state index in [1.807, 2.05) is 4.90 Å². The Balaban J connectivity index is 1.78. The molecule has 6 nitrogen and oxygen atoms in total. The molecule has 1 saturated heterocycles. The van der Waals surface area contributed by atoms with Gasteiger partial charge < -0.3 is 15.1 Å². The molecule has 102 valence electrons. The minimum atomic E-state index is -0.0104. The quantitative estimate of drug-likeness (QED) is 0.607. The first kappa shape index (κ1) is 12.4. The Labute approximate surface area is 111 Å². The summed E-state index contributed by atoms with van der Waals surface area (Å²) in [6.45, 7) is 1.27. The SMILES string of the molecule is NNc1ccc(C(=O)N2CCOC3CCCC32)nc1. The van der Waals surface area contributed by atoms with E-state index in [2.05, 4.69) is 10.4 Å². The van der Waals surface area contributed by atoms with Gasteiger partial charge in [-0.25, -0.2) is 4.98 Å². The molecule has 0 bridgehead atoms. The number of nitrogen functional groups attached to an aromatic ring is 1. The minimum absolute atomic E-state index is 0.0104. The average molecular weight is 262 g/mol. The summed E-state index contributed by atoms with van der Waals surface area (Å²) < 4.78 is 5.71. The number of morpholine rings is 1. The highest BCUT2D eigenvalue weighted by Crippen LogP contribution is 2.30. The van der Waals surface area contributed by atoms with Crippen LogP contribution in [0.5, 0.6) is 0 Å². The van der Waals surface area contributed by atoms with E-state index in [-0.39, 0.29) is 18.1 Å². The lowest BCUT2D eigenvalue weighted by Gasteiger charge is -2.37. The normalized spacial score (nSPS) is 26.1. The van der Waals surface area contributed by atoms with Crippen molar-refractivity contribution in [1.29, 1.82) is 0 Å². The maximum atomic E-state index is 12.5. The van der Waals surface area contributed by atoms with E-state index < -0.39 is 0 Å². The number of hydrogen-bond donors (Lipinski definition) is 2. The Kier molecular flexibility index (Phi) is 3.35. The number of nitrogens with one attached hydrogen (secondary N) is 1. The van der Waals surface area contributed by atoms with Crippen LogP contribution in [-0.2, 0) is 4.74 Å². The van der Waals surface area contributed by atoms with E-state index in [0.717, 1.165) is 19.3 Å². The van der Waals surface area contributed by atoms with Crippen molar-refractivity contribution in [2.24, 2.45) is 5.84 Å². The zero-order valence-corrected chi connectivity index (χ0v) is 10.7. The number of hydrogen-bond acceptors (Lipinski definition) is 5.